The largest absolute Gasteiger partial charge is 0.573 e. The lowest BCUT2D eigenvalue weighted by molar-refractivity contribution is -0.385. The smallest absolute Gasteiger partial charge is 0.405 e. The molecule has 0 amide bonds. The molecule has 18 heavy (non-hydrogen) atoms. The highest BCUT2D eigenvalue weighted by Crippen LogP contribution is 2.30. The summed E-state index contributed by atoms with van der Waals surface area (Å²) < 4.78 is 39.8. The fourth-order valence-electron chi connectivity index (χ4n) is 1.14. The molecule has 98 valence electrons. The number of halogens is 4. The number of ether oxygens (including phenoxy) is 1. The van der Waals surface area contributed by atoms with Gasteiger partial charge in [-0.25, -0.2) is 0 Å². The van der Waals surface area contributed by atoms with Crippen molar-refractivity contribution in [3.63, 3.8) is 0 Å². The molecule has 0 N–H and O–H groups in total. The number of carbonyl (C=O) groups is 1. The number of ketones is 1. The molecule has 5 nitrogen and oxygen atoms in total. The molecule has 0 bridgehead atoms. The van der Waals surface area contributed by atoms with Crippen LogP contribution in [0.2, 0.25) is 0 Å². The van der Waals surface area contributed by atoms with E-state index >= 15 is 0 Å². The number of hydrogen-bond acceptors (Lipinski definition) is 4. The highest BCUT2D eigenvalue weighted by Gasteiger charge is 2.33. The van der Waals surface area contributed by atoms with Gasteiger partial charge in [-0.05, 0) is 6.07 Å². The maximum atomic E-state index is 12.1. The van der Waals surface area contributed by atoms with Gasteiger partial charge >= 0.3 is 6.36 Å². The summed E-state index contributed by atoms with van der Waals surface area (Å²) in [6.07, 6.45) is -5.06. The number of nitro benzene ring substituents is 1. The van der Waals surface area contributed by atoms with Gasteiger partial charge in [0.1, 0.15) is 5.75 Å². The van der Waals surface area contributed by atoms with E-state index in [4.69, 9.17) is 11.6 Å². The SMILES string of the molecule is O=C(CCl)c1ccc([N+](=O)[O-])cc1OC(F)(F)F. The third-order valence-corrected chi connectivity index (χ3v) is 2.07. The van der Waals surface area contributed by atoms with Crippen LogP contribution < -0.4 is 4.74 Å². The predicted octanol–water partition coefficient (Wildman–Crippen LogP) is 2.91. The molecule has 0 saturated carbocycles. The van der Waals surface area contributed by atoms with Crippen LogP contribution in [0.3, 0.4) is 0 Å². The molecule has 0 aliphatic rings. The standard InChI is InChI=1S/C9H5ClF3NO4/c10-4-7(15)6-2-1-5(14(16)17)3-8(6)18-9(11,12)13/h1-3H,4H2. The normalized spacial score (nSPS) is 11.1. The molecule has 1 aromatic rings. The zero-order chi connectivity index (χ0) is 13.9. The molecule has 1 aromatic carbocycles. The van der Waals surface area contributed by atoms with Crippen molar-refractivity contribution in [2.24, 2.45) is 0 Å². The molecule has 0 heterocycles. The maximum Gasteiger partial charge on any atom is 0.573 e. The molecular weight excluding hydrogens is 279 g/mol. The molecule has 0 aliphatic carbocycles. The molecule has 0 saturated heterocycles. The van der Waals surface area contributed by atoms with Crippen LogP contribution in [-0.2, 0) is 0 Å². The number of hydrogen-bond donors (Lipinski definition) is 0. The van der Waals surface area contributed by atoms with E-state index < -0.39 is 39.9 Å². The molecule has 0 atom stereocenters. The highest BCUT2D eigenvalue weighted by molar-refractivity contribution is 6.30. The van der Waals surface area contributed by atoms with Crippen molar-refractivity contribution in [3.8, 4) is 5.75 Å². The lowest BCUT2D eigenvalue weighted by Crippen LogP contribution is -2.19. The summed E-state index contributed by atoms with van der Waals surface area (Å²) in [6.45, 7) is 0. The quantitative estimate of drug-likeness (QED) is 0.369. The summed E-state index contributed by atoms with van der Waals surface area (Å²) in [7, 11) is 0. The van der Waals surface area contributed by atoms with Crippen LogP contribution in [0.15, 0.2) is 18.2 Å². The first kappa shape index (κ1) is 14.2. The van der Waals surface area contributed by atoms with Crippen molar-refractivity contribution in [2.75, 3.05) is 5.88 Å². The molecule has 0 fully saturated rings. The van der Waals surface area contributed by atoms with Gasteiger partial charge in [-0.2, -0.15) is 0 Å². The van der Waals surface area contributed by atoms with Gasteiger partial charge in [0.05, 0.1) is 22.4 Å². The van der Waals surface area contributed by atoms with Crippen molar-refractivity contribution >= 4 is 23.1 Å². The van der Waals surface area contributed by atoms with E-state index in [1.54, 1.807) is 0 Å². The van der Waals surface area contributed by atoms with Crippen LogP contribution in [0.1, 0.15) is 10.4 Å². The van der Waals surface area contributed by atoms with Gasteiger partial charge in [0.2, 0.25) is 0 Å². The third kappa shape index (κ3) is 3.59. The zero-order valence-electron chi connectivity index (χ0n) is 8.53. The first-order chi connectivity index (χ1) is 8.24. The van der Waals surface area contributed by atoms with Crippen LogP contribution in [0.5, 0.6) is 5.75 Å². The Labute approximate surface area is 103 Å². The molecule has 0 aromatic heterocycles. The Morgan fingerprint density at radius 1 is 1.44 bits per heavy atom. The number of benzene rings is 1. The van der Waals surface area contributed by atoms with Crippen LogP contribution in [-0.4, -0.2) is 22.9 Å². The van der Waals surface area contributed by atoms with E-state index in [-0.39, 0.29) is 0 Å². The Bertz CT molecular complexity index is 489. The minimum absolute atomic E-state index is 0.465. The van der Waals surface area contributed by atoms with Crippen molar-refractivity contribution < 1.29 is 27.6 Å². The number of nitro groups is 1. The fourth-order valence-corrected chi connectivity index (χ4v) is 1.28. The molecule has 1 rings (SSSR count). The van der Waals surface area contributed by atoms with E-state index in [1.807, 2.05) is 0 Å². The lowest BCUT2D eigenvalue weighted by atomic mass is 10.1. The average molecular weight is 284 g/mol. The topological polar surface area (TPSA) is 69.4 Å². The Morgan fingerprint density at radius 3 is 2.50 bits per heavy atom. The fraction of sp³-hybridized carbons (Fsp3) is 0.222. The third-order valence-electron chi connectivity index (χ3n) is 1.82. The summed E-state index contributed by atoms with van der Waals surface area (Å²) >= 11 is 5.21. The van der Waals surface area contributed by atoms with Crippen LogP contribution in [0.4, 0.5) is 18.9 Å². The van der Waals surface area contributed by atoms with E-state index in [0.29, 0.717) is 6.07 Å². The molecule has 0 spiro atoms. The second kappa shape index (κ2) is 5.21. The highest BCUT2D eigenvalue weighted by atomic mass is 35.5. The van der Waals surface area contributed by atoms with Gasteiger partial charge in [-0.15, -0.1) is 24.8 Å². The van der Waals surface area contributed by atoms with Crippen LogP contribution in [0.25, 0.3) is 0 Å². The van der Waals surface area contributed by atoms with E-state index in [2.05, 4.69) is 4.74 Å². The van der Waals surface area contributed by atoms with Crippen molar-refractivity contribution in [1.82, 2.24) is 0 Å². The summed E-state index contributed by atoms with van der Waals surface area (Å²) in [4.78, 5) is 20.8. The minimum atomic E-state index is -5.06. The maximum absolute atomic E-state index is 12.1. The summed E-state index contributed by atoms with van der Waals surface area (Å²) in [5, 5.41) is 10.4. The Morgan fingerprint density at radius 2 is 2.06 bits per heavy atom. The van der Waals surface area contributed by atoms with Crippen molar-refractivity contribution in [2.45, 2.75) is 6.36 Å². The van der Waals surface area contributed by atoms with E-state index in [0.717, 1.165) is 12.1 Å². The Balaban J connectivity index is 3.26. The monoisotopic (exact) mass is 283 g/mol. The second-order valence-electron chi connectivity index (χ2n) is 3.04. The zero-order valence-corrected chi connectivity index (χ0v) is 9.29. The number of alkyl halides is 4. The molecule has 0 aliphatic heterocycles. The van der Waals surface area contributed by atoms with E-state index in [1.165, 1.54) is 0 Å². The Kier molecular flexibility index (Phi) is 4.12. The predicted molar refractivity (Wildman–Crippen MR) is 54.8 cm³/mol. The number of rotatable bonds is 4. The second-order valence-corrected chi connectivity index (χ2v) is 3.31. The summed E-state index contributed by atoms with van der Waals surface area (Å²) in [5.41, 5.74) is -1.09. The van der Waals surface area contributed by atoms with Crippen molar-refractivity contribution in [1.29, 1.82) is 0 Å². The Hall–Kier alpha value is -1.83. The van der Waals surface area contributed by atoms with Gasteiger partial charge in [0, 0.05) is 6.07 Å². The first-order valence-corrected chi connectivity index (χ1v) is 4.91. The van der Waals surface area contributed by atoms with Crippen LogP contribution >= 0.6 is 11.6 Å². The van der Waals surface area contributed by atoms with Gasteiger partial charge in [-0.1, -0.05) is 0 Å². The molecule has 0 unspecified atom stereocenters. The average Bonchev–Trinajstić information content (AvgIpc) is 2.25. The molecular formula is C9H5ClF3NO4. The summed E-state index contributed by atoms with van der Waals surface area (Å²) in [6, 6.07) is 2.28. The van der Waals surface area contributed by atoms with Gasteiger partial charge in [0.25, 0.3) is 5.69 Å². The van der Waals surface area contributed by atoms with Gasteiger partial charge in [0.15, 0.2) is 5.78 Å². The first-order valence-electron chi connectivity index (χ1n) is 4.38. The van der Waals surface area contributed by atoms with Crippen molar-refractivity contribution in [3.05, 3.63) is 33.9 Å². The van der Waals surface area contributed by atoms with Crippen LogP contribution in [0, 0.1) is 10.1 Å². The number of non-ortho nitro benzene ring substituents is 1. The minimum Gasteiger partial charge on any atom is -0.405 e. The molecule has 0 radical (unpaired) electrons. The number of carbonyl (C=O) groups excluding carboxylic acids is 1. The lowest BCUT2D eigenvalue weighted by Gasteiger charge is -2.11. The van der Waals surface area contributed by atoms with Gasteiger partial charge in [-0.3, -0.25) is 14.9 Å². The van der Waals surface area contributed by atoms with E-state index in [9.17, 15) is 28.1 Å². The van der Waals surface area contributed by atoms with Gasteiger partial charge < -0.3 is 4.74 Å². The number of nitrogens with zero attached hydrogens (tertiary/aromatic N) is 1. The number of Topliss-reactive ketones (excluding diaryl/α,β-unsaturated/α-hetero) is 1. The summed E-state index contributed by atoms with van der Waals surface area (Å²) in [5.74, 6) is -2.33. The molecule has 9 heteroatoms.